The first kappa shape index (κ1) is 16.5. The topological polar surface area (TPSA) is 52.6 Å². The molecule has 3 rings (SSSR count). The number of aliphatic hydroxyl groups excluding tert-OH is 1. The first-order chi connectivity index (χ1) is 11.5. The molecule has 1 unspecified atom stereocenters. The van der Waals surface area contributed by atoms with E-state index in [0.717, 1.165) is 24.1 Å². The highest BCUT2D eigenvalue weighted by molar-refractivity contribution is 5.78. The lowest BCUT2D eigenvalue weighted by molar-refractivity contribution is -0.120. The second-order valence-corrected chi connectivity index (χ2v) is 6.18. The van der Waals surface area contributed by atoms with Gasteiger partial charge in [0.2, 0.25) is 5.91 Å². The number of hydrogen-bond acceptors (Lipinski definition) is 3. The van der Waals surface area contributed by atoms with Crippen LogP contribution in [0.3, 0.4) is 0 Å². The Morgan fingerprint density at radius 2 is 2.04 bits per heavy atom. The predicted octanol–water partition coefficient (Wildman–Crippen LogP) is 2.21. The van der Waals surface area contributed by atoms with Gasteiger partial charge >= 0.3 is 0 Å². The second kappa shape index (κ2) is 7.01. The van der Waals surface area contributed by atoms with E-state index in [1.54, 1.807) is 12.1 Å². The van der Waals surface area contributed by atoms with Crippen LogP contribution in [0.1, 0.15) is 22.8 Å². The lowest BCUT2D eigenvalue weighted by Gasteiger charge is -2.15. The molecule has 0 saturated heterocycles. The van der Waals surface area contributed by atoms with Gasteiger partial charge in [-0.25, -0.2) is 4.39 Å². The van der Waals surface area contributed by atoms with Gasteiger partial charge in [0.1, 0.15) is 5.82 Å². The summed E-state index contributed by atoms with van der Waals surface area (Å²) in [6.07, 6.45) is 0.407. The number of anilines is 1. The van der Waals surface area contributed by atoms with Gasteiger partial charge in [-0.2, -0.15) is 0 Å². The number of likely N-dealkylation sites (N-methyl/N-ethyl adjacent to an activating group) is 1. The van der Waals surface area contributed by atoms with Gasteiger partial charge in [0.05, 0.1) is 12.5 Å². The molecule has 1 aliphatic heterocycles. The Balaban J connectivity index is 1.54. The van der Waals surface area contributed by atoms with Gasteiger partial charge in [-0.3, -0.25) is 4.79 Å². The maximum absolute atomic E-state index is 12.8. The number of rotatable bonds is 5. The van der Waals surface area contributed by atoms with Crippen LogP contribution in [0, 0.1) is 5.82 Å². The molecule has 0 bridgehead atoms. The number of hydrogen-bond donors (Lipinski definition) is 2. The molecule has 1 atom stereocenters. The summed E-state index contributed by atoms with van der Waals surface area (Å²) in [5.74, 6) is -0.515. The summed E-state index contributed by atoms with van der Waals surface area (Å²) in [7, 11) is 2.05. The Hall–Kier alpha value is -2.40. The van der Waals surface area contributed by atoms with Crippen molar-refractivity contribution in [2.75, 3.05) is 25.0 Å². The number of amides is 1. The Bertz CT molecular complexity index is 731. The van der Waals surface area contributed by atoms with Crippen molar-refractivity contribution in [3.8, 4) is 0 Å². The van der Waals surface area contributed by atoms with Crippen LogP contribution in [0.4, 0.5) is 10.1 Å². The zero-order valence-electron chi connectivity index (χ0n) is 13.6. The van der Waals surface area contributed by atoms with Gasteiger partial charge in [0, 0.05) is 25.8 Å². The van der Waals surface area contributed by atoms with Crippen molar-refractivity contribution >= 4 is 11.6 Å². The lowest BCUT2D eigenvalue weighted by Crippen LogP contribution is -2.29. The molecule has 1 heterocycles. The third-order valence-corrected chi connectivity index (χ3v) is 4.39. The number of nitrogens with one attached hydrogen (secondary N) is 1. The van der Waals surface area contributed by atoms with E-state index >= 15 is 0 Å². The quantitative estimate of drug-likeness (QED) is 0.885. The fraction of sp³-hybridized carbons (Fsp3) is 0.316. The van der Waals surface area contributed by atoms with Crippen LogP contribution in [0.2, 0.25) is 0 Å². The van der Waals surface area contributed by atoms with Crippen LogP contribution >= 0.6 is 0 Å². The summed E-state index contributed by atoms with van der Waals surface area (Å²) >= 11 is 0. The van der Waals surface area contributed by atoms with Gasteiger partial charge in [-0.05, 0) is 41.3 Å². The standard InChI is InChI=1S/C19H21FN2O2/c1-22-9-8-14-11-15(4-7-17(14)22)18(23)12-21-19(24)10-13-2-5-16(20)6-3-13/h2-7,11,18,23H,8-10,12H2,1H3,(H,21,24). The first-order valence-corrected chi connectivity index (χ1v) is 8.06. The van der Waals surface area contributed by atoms with Crippen LogP contribution in [0.25, 0.3) is 0 Å². The van der Waals surface area contributed by atoms with Crippen LogP contribution < -0.4 is 10.2 Å². The molecular weight excluding hydrogens is 307 g/mol. The van der Waals surface area contributed by atoms with E-state index in [1.807, 2.05) is 18.2 Å². The number of fused-ring (bicyclic) bond motifs is 1. The molecule has 0 saturated carbocycles. The van der Waals surface area contributed by atoms with E-state index in [9.17, 15) is 14.3 Å². The van der Waals surface area contributed by atoms with Crippen molar-refractivity contribution in [2.24, 2.45) is 0 Å². The van der Waals surface area contributed by atoms with Crippen molar-refractivity contribution in [1.82, 2.24) is 5.32 Å². The van der Waals surface area contributed by atoms with Crippen LogP contribution in [-0.4, -0.2) is 31.2 Å². The summed E-state index contributed by atoms with van der Waals surface area (Å²) in [6, 6.07) is 11.8. The number of nitrogens with zero attached hydrogens (tertiary/aromatic N) is 1. The molecule has 1 amide bonds. The third-order valence-electron chi connectivity index (χ3n) is 4.39. The molecule has 0 aromatic heterocycles. The minimum Gasteiger partial charge on any atom is -0.387 e. The van der Waals surface area contributed by atoms with Gasteiger partial charge < -0.3 is 15.3 Å². The van der Waals surface area contributed by atoms with Crippen molar-refractivity contribution in [3.63, 3.8) is 0 Å². The zero-order chi connectivity index (χ0) is 17.1. The Labute approximate surface area is 140 Å². The monoisotopic (exact) mass is 328 g/mol. The third kappa shape index (κ3) is 3.74. The van der Waals surface area contributed by atoms with Gasteiger partial charge in [-0.15, -0.1) is 0 Å². The van der Waals surface area contributed by atoms with E-state index in [4.69, 9.17) is 0 Å². The van der Waals surface area contributed by atoms with E-state index < -0.39 is 6.10 Å². The fourth-order valence-corrected chi connectivity index (χ4v) is 2.97. The Morgan fingerprint density at radius 3 is 2.79 bits per heavy atom. The van der Waals surface area contributed by atoms with Gasteiger partial charge in [-0.1, -0.05) is 24.3 Å². The molecule has 2 N–H and O–H groups in total. The average Bonchev–Trinajstić information content (AvgIpc) is 2.95. The van der Waals surface area contributed by atoms with Crippen LogP contribution in [0.15, 0.2) is 42.5 Å². The minimum absolute atomic E-state index is 0.161. The van der Waals surface area contributed by atoms with E-state index in [0.29, 0.717) is 0 Å². The highest BCUT2D eigenvalue weighted by Gasteiger charge is 2.18. The van der Waals surface area contributed by atoms with Crippen molar-refractivity contribution in [3.05, 3.63) is 65.0 Å². The SMILES string of the molecule is CN1CCc2cc(C(O)CNC(=O)Cc3ccc(F)cc3)ccc21. The largest absolute Gasteiger partial charge is 0.387 e. The summed E-state index contributed by atoms with van der Waals surface area (Å²) in [6.45, 7) is 1.15. The molecule has 0 spiro atoms. The maximum Gasteiger partial charge on any atom is 0.224 e. The fourth-order valence-electron chi connectivity index (χ4n) is 2.97. The van der Waals surface area contributed by atoms with Crippen molar-refractivity contribution in [1.29, 1.82) is 0 Å². The summed E-state index contributed by atoms with van der Waals surface area (Å²) in [5, 5.41) is 13.0. The predicted molar refractivity (Wildman–Crippen MR) is 91.5 cm³/mol. The summed E-state index contributed by atoms with van der Waals surface area (Å²) in [5.41, 5.74) is 3.98. The average molecular weight is 328 g/mol. The molecule has 2 aromatic rings. The Kier molecular flexibility index (Phi) is 4.81. The second-order valence-electron chi connectivity index (χ2n) is 6.18. The Morgan fingerprint density at radius 1 is 1.29 bits per heavy atom. The first-order valence-electron chi connectivity index (χ1n) is 8.06. The summed E-state index contributed by atoms with van der Waals surface area (Å²) < 4.78 is 12.8. The molecule has 0 radical (unpaired) electrons. The molecule has 0 fully saturated rings. The molecule has 0 aliphatic carbocycles. The van der Waals surface area contributed by atoms with Crippen LogP contribution in [-0.2, 0) is 17.6 Å². The van der Waals surface area contributed by atoms with E-state index in [2.05, 4.69) is 17.3 Å². The number of carbonyl (C=O) groups excluding carboxylic acids is 1. The smallest absolute Gasteiger partial charge is 0.224 e. The molecule has 4 nitrogen and oxygen atoms in total. The molecule has 126 valence electrons. The molecule has 5 heteroatoms. The van der Waals surface area contributed by atoms with Crippen molar-refractivity contribution in [2.45, 2.75) is 18.9 Å². The van der Waals surface area contributed by atoms with Crippen molar-refractivity contribution < 1.29 is 14.3 Å². The van der Waals surface area contributed by atoms with Gasteiger partial charge in [0.25, 0.3) is 0 Å². The summed E-state index contributed by atoms with van der Waals surface area (Å²) in [4.78, 5) is 14.1. The van der Waals surface area contributed by atoms with E-state index in [-0.39, 0.29) is 24.7 Å². The highest BCUT2D eigenvalue weighted by atomic mass is 19.1. The zero-order valence-corrected chi connectivity index (χ0v) is 13.6. The molecule has 1 aliphatic rings. The normalized spacial score (nSPS) is 14.4. The molecular formula is C19H21FN2O2. The lowest BCUT2D eigenvalue weighted by atomic mass is 10.0. The number of carbonyl (C=O) groups is 1. The minimum atomic E-state index is -0.738. The molecule has 2 aromatic carbocycles. The number of aliphatic hydroxyl groups is 1. The molecule has 24 heavy (non-hydrogen) atoms. The number of benzene rings is 2. The van der Waals surface area contributed by atoms with Gasteiger partial charge in [0.15, 0.2) is 0 Å². The maximum atomic E-state index is 12.8. The highest BCUT2D eigenvalue weighted by Crippen LogP contribution is 2.29. The van der Waals surface area contributed by atoms with Crippen LogP contribution in [0.5, 0.6) is 0 Å². The number of halogens is 1. The van der Waals surface area contributed by atoms with E-state index in [1.165, 1.54) is 23.4 Å².